The van der Waals surface area contributed by atoms with Crippen molar-refractivity contribution in [2.24, 2.45) is 0 Å². The molecular weight excluding hydrogens is 235 g/mol. The number of hydrogen-bond acceptors (Lipinski definition) is 3. The van der Waals surface area contributed by atoms with Gasteiger partial charge in [0.1, 0.15) is 10.5 Å². The number of fused-ring (bicyclic) bond motifs is 1. The minimum absolute atomic E-state index is 0.283. The summed E-state index contributed by atoms with van der Waals surface area (Å²) in [6.07, 6.45) is 1.60. The van der Waals surface area contributed by atoms with Gasteiger partial charge >= 0.3 is 0 Å². The molecule has 0 bridgehead atoms. The molecule has 3 aromatic rings. The highest BCUT2D eigenvalue weighted by molar-refractivity contribution is 7.22. The zero-order valence-corrected chi connectivity index (χ0v) is 9.67. The normalized spacial score (nSPS) is 10.6. The van der Waals surface area contributed by atoms with E-state index in [-0.39, 0.29) is 5.82 Å². The van der Waals surface area contributed by atoms with E-state index in [1.54, 1.807) is 6.20 Å². The predicted octanol–water partition coefficient (Wildman–Crippen LogP) is 4.18. The van der Waals surface area contributed by atoms with Crippen molar-refractivity contribution in [1.82, 2.24) is 4.98 Å². The summed E-state index contributed by atoms with van der Waals surface area (Å²) in [6, 6.07) is 13.2. The molecule has 0 unspecified atom stereocenters. The summed E-state index contributed by atoms with van der Waals surface area (Å²) in [5.74, 6) is -0.283. The van der Waals surface area contributed by atoms with Crippen molar-refractivity contribution in [2.75, 3.05) is 5.32 Å². The molecule has 2 aromatic heterocycles. The van der Waals surface area contributed by atoms with Crippen molar-refractivity contribution in [3.8, 4) is 0 Å². The van der Waals surface area contributed by atoms with E-state index in [2.05, 4.69) is 10.3 Å². The SMILES string of the molecule is Fc1c(Nc2ccccc2)sc2cccnc12. The summed E-state index contributed by atoms with van der Waals surface area (Å²) >= 11 is 1.37. The van der Waals surface area contributed by atoms with E-state index in [1.807, 2.05) is 42.5 Å². The second-order valence-corrected chi connectivity index (χ2v) is 4.64. The number of benzene rings is 1. The van der Waals surface area contributed by atoms with Crippen LogP contribution in [-0.2, 0) is 0 Å². The van der Waals surface area contributed by atoms with E-state index in [4.69, 9.17) is 0 Å². The van der Waals surface area contributed by atoms with Crippen LogP contribution in [0, 0.1) is 5.82 Å². The van der Waals surface area contributed by atoms with Crippen LogP contribution < -0.4 is 5.32 Å². The van der Waals surface area contributed by atoms with E-state index >= 15 is 0 Å². The lowest BCUT2D eigenvalue weighted by molar-refractivity contribution is 0.644. The number of anilines is 2. The maximum Gasteiger partial charge on any atom is 0.184 e. The first-order valence-electron chi connectivity index (χ1n) is 5.20. The molecule has 0 radical (unpaired) electrons. The molecule has 84 valence electrons. The fraction of sp³-hybridized carbons (Fsp3) is 0. The second-order valence-electron chi connectivity index (χ2n) is 3.59. The minimum Gasteiger partial charge on any atom is -0.345 e. The lowest BCUT2D eigenvalue weighted by Gasteiger charge is -2.02. The van der Waals surface area contributed by atoms with Crippen LogP contribution in [0.2, 0.25) is 0 Å². The molecule has 1 N–H and O–H groups in total. The van der Waals surface area contributed by atoms with Crippen LogP contribution in [0.25, 0.3) is 10.2 Å². The molecule has 17 heavy (non-hydrogen) atoms. The van der Waals surface area contributed by atoms with Gasteiger partial charge in [-0.1, -0.05) is 18.2 Å². The highest BCUT2D eigenvalue weighted by Gasteiger charge is 2.12. The Morgan fingerprint density at radius 2 is 1.88 bits per heavy atom. The number of aromatic nitrogens is 1. The van der Waals surface area contributed by atoms with Crippen molar-refractivity contribution in [2.45, 2.75) is 0 Å². The number of hydrogen-bond donors (Lipinski definition) is 1. The third-order valence-corrected chi connectivity index (χ3v) is 3.46. The molecule has 0 saturated heterocycles. The maximum atomic E-state index is 14.0. The summed E-state index contributed by atoms with van der Waals surface area (Å²) in [5.41, 5.74) is 1.30. The van der Waals surface area contributed by atoms with Gasteiger partial charge < -0.3 is 5.32 Å². The van der Waals surface area contributed by atoms with Crippen molar-refractivity contribution in [1.29, 1.82) is 0 Å². The Hall–Kier alpha value is -1.94. The molecule has 3 rings (SSSR count). The van der Waals surface area contributed by atoms with E-state index in [0.717, 1.165) is 10.4 Å². The quantitative estimate of drug-likeness (QED) is 0.731. The molecular formula is C13H9FN2S. The van der Waals surface area contributed by atoms with E-state index in [0.29, 0.717) is 10.5 Å². The van der Waals surface area contributed by atoms with Crippen molar-refractivity contribution >= 4 is 32.2 Å². The van der Waals surface area contributed by atoms with Gasteiger partial charge in [-0.2, -0.15) is 0 Å². The molecule has 1 aromatic carbocycles. The molecule has 0 aliphatic carbocycles. The number of para-hydroxylation sites is 1. The molecule has 0 amide bonds. The first-order chi connectivity index (χ1) is 8.34. The van der Waals surface area contributed by atoms with Gasteiger partial charge in [-0.3, -0.25) is 4.98 Å². The molecule has 0 aliphatic heterocycles. The Labute approximate surface area is 102 Å². The molecule has 4 heteroatoms. The topological polar surface area (TPSA) is 24.9 Å². The fourth-order valence-electron chi connectivity index (χ4n) is 1.63. The average Bonchev–Trinajstić information content (AvgIpc) is 2.68. The second kappa shape index (κ2) is 4.14. The summed E-state index contributed by atoms with van der Waals surface area (Å²) in [6.45, 7) is 0. The standard InChI is InChI=1S/C13H9FN2S/c14-11-12-10(7-4-8-15-12)17-13(11)16-9-5-2-1-3-6-9/h1-8,16H. The first-order valence-corrected chi connectivity index (χ1v) is 6.01. The number of pyridine rings is 1. The molecule has 0 spiro atoms. The van der Waals surface area contributed by atoms with Gasteiger partial charge in [0.25, 0.3) is 0 Å². The zero-order valence-electron chi connectivity index (χ0n) is 8.85. The first kappa shape index (κ1) is 10.2. The van der Waals surface area contributed by atoms with Crippen LogP contribution in [0.4, 0.5) is 15.1 Å². The van der Waals surface area contributed by atoms with Crippen molar-refractivity contribution < 1.29 is 4.39 Å². The van der Waals surface area contributed by atoms with Crippen LogP contribution in [-0.4, -0.2) is 4.98 Å². The molecule has 2 heterocycles. The maximum absolute atomic E-state index is 14.0. The van der Waals surface area contributed by atoms with Gasteiger partial charge in [0.2, 0.25) is 0 Å². The Morgan fingerprint density at radius 1 is 1.06 bits per heavy atom. The van der Waals surface area contributed by atoms with Crippen LogP contribution in [0.15, 0.2) is 48.7 Å². The average molecular weight is 244 g/mol. The lowest BCUT2D eigenvalue weighted by atomic mass is 10.3. The molecule has 0 saturated carbocycles. The molecule has 0 aliphatic rings. The Balaban J connectivity index is 2.04. The summed E-state index contributed by atoms with van der Waals surface area (Å²) in [7, 11) is 0. The Bertz CT molecular complexity index is 649. The van der Waals surface area contributed by atoms with Crippen LogP contribution in [0.5, 0.6) is 0 Å². The predicted molar refractivity (Wildman–Crippen MR) is 69.3 cm³/mol. The number of thiophene rings is 1. The van der Waals surface area contributed by atoms with Crippen molar-refractivity contribution in [3.63, 3.8) is 0 Å². The van der Waals surface area contributed by atoms with Gasteiger partial charge in [0, 0.05) is 11.9 Å². The Morgan fingerprint density at radius 3 is 2.65 bits per heavy atom. The zero-order chi connectivity index (χ0) is 11.7. The lowest BCUT2D eigenvalue weighted by Crippen LogP contribution is -1.88. The number of rotatable bonds is 2. The third-order valence-electron chi connectivity index (χ3n) is 2.42. The molecule has 0 fully saturated rings. The van der Waals surface area contributed by atoms with Gasteiger partial charge in [-0.25, -0.2) is 4.39 Å². The highest BCUT2D eigenvalue weighted by Crippen LogP contribution is 2.34. The Kier molecular flexibility index (Phi) is 2.49. The summed E-state index contributed by atoms with van der Waals surface area (Å²) in [4.78, 5) is 4.04. The minimum atomic E-state index is -0.283. The fourth-order valence-corrected chi connectivity index (χ4v) is 2.59. The van der Waals surface area contributed by atoms with Crippen LogP contribution >= 0.6 is 11.3 Å². The number of nitrogens with zero attached hydrogens (tertiary/aromatic N) is 1. The van der Waals surface area contributed by atoms with Gasteiger partial charge in [-0.05, 0) is 24.3 Å². The van der Waals surface area contributed by atoms with Gasteiger partial charge in [0.15, 0.2) is 5.82 Å². The van der Waals surface area contributed by atoms with Crippen molar-refractivity contribution in [3.05, 3.63) is 54.5 Å². The third kappa shape index (κ3) is 1.87. The number of halogens is 1. The van der Waals surface area contributed by atoms with E-state index in [9.17, 15) is 4.39 Å². The van der Waals surface area contributed by atoms with E-state index < -0.39 is 0 Å². The largest absolute Gasteiger partial charge is 0.345 e. The molecule has 0 atom stereocenters. The number of nitrogens with one attached hydrogen (secondary N) is 1. The van der Waals surface area contributed by atoms with Crippen LogP contribution in [0.3, 0.4) is 0 Å². The monoisotopic (exact) mass is 244 g/mol. The van der Waals surface area contributed by atoms with Crippen LogP contribution in [0.1, 0.15) is 0 Å². The smallest absolute Gasteiger partial charge is 0.184 e. The van der Waals surface area contributed by atoms with Gasteiger partial charge in [0.05, 0.1) is 4.70 Å². The summed E-state index contributed by atoms with van der Waals surface area (Å²) in [5, 5.41) is 3.57. The van der Waals surface area contributed by atoms with Gasteiger partial charge in [-0.15, -0.1) is 11.3 Å². The molecule has 2 nitrogen and oxygen atoms in total. The highest BCUT2D eigenvalue weighted by atomic mass is 32.1. The van der Waals surface area contributed by atoms with E-state index in [1.165, 1.54) is 11.3 Å². The summed E-state index contributed by atoms with van der Waals surface area (Å²) < 4.78 is 14.9.